The number of nitrogens with zero attached hydrogens (tertiary/aromatic N) is 2. The molecule has 0 bridgehead atoms. The van der Waals surface area contributed by atoms with Crippen molar-refractivity contribution in [2.24, 2.45) is 10.9 Å². The molecule has 1 N–H and O–H groups in total. The quantitative estimate of drug-likeness (QED) is 0.408. The lowest BCUT2D eigenvalue weighted by Crippen LogP contribution is -2.29. The molecule has 178 valence electrons. The van der Waals surface area contributed by atoms with Crippen LogP contribution in [-0.4, -0.2) is 39.9 Å². The summed E-state index contributed by atoms with van der Waals surface area (Å²) in [5.74, 6) is -6.83. The van der Waals surface area contributed by atoms with Crippen LogP contribution in [0.4, 0.5) is 17.6 Å². The van der Waals surface area contributed by atoms with E-state index in [-0.39, 0.29) is 16.6 Å². The van der Waals surface area contributed by atoms with Gasteiger partial charge in [0.1, 0.15) is 11.8 Å². The maximum atomic E-state index is 14.4. The number of ether oxygens (including phenoxy) is 2. The van der Waals surface area contributed by atoms with Crippen molar-refractivity contribution in [1.82, 2.24) is 4.73 Å². The molecule has 1 aliphatic heterocycles. The fraction of sp³-hybridized carbons (Fsp3) is 0.409. The smallest absolute Gasteiger partial charge is 0.387 e. The van der Waals surface area contributed by atoms with Gasteiger partial charge < -0.3 is 14.7 Å². The van der Waals surface area contributed by atoms with Gasteiger partial charge in [-0.05, 0) is 38.0 Å². The number of alkyl halides is 2. The average Bonchev–Trinajstić information content (AvgIpc) is 2.96. The minimum absolute atomic E-state index is 0.0320. The van der Waals surface area contributed by atoms with Gasteiger partial charge >= 0.3 is 6.61 Å². The highest BCUT2D eigenvalue weighted by molar-refractivity contribution is 5.92. The summed E-state index contributed by atoms with van der Waals surface area (Å²) in [5, 5.41) is 9.73. The Balaban J connectivity index is 2.11. The molecule has 2 aromatic rings. The number of benzene rings is 1. The first kappa shape index (κ1) is 24.4. The Hall–Kier alpha value is -3.21. The zero-order chi connectivity index (χ0) is 24.7. The summed E-state index contributed by atoms with van der Waals surface area (Å²) in [7, 11) is 0. The zero-order valence-corrected chi connectivity index (χ0v) is 18.2. The van der Waals surface area contributed by atoms with Gasteiger partial charge in [-0.25, -0.2) is 9.38 Å². The number of rotatable bonds is 5. The lowest BCUT2D eigenvalue weighted by Gasteiger charge is -2.26. The predicted octanol–water partition coefficient (Wildman–Crippen LogP) is 3.83. The van der Waals surface area contributed by atoms with Crippen LogP contribution in [0.2, 0.25) is 0 Å². The molecule has 3 atom stereocenters. The van der Waals surface area contributed by atoms with Gasteiger partial charge in [0, 0.05) is 24.6 Å². The Labute approximate surface area is 186 Å². The van der Waals surface area contributed by atoms with Crippen LogP contribution in [-0.2, 0) is 9.53 Å². The number of aromatic nitrogens is 1. The number of pyridine rings is 1. The van der Waals surface area contributed by atoms with Crippen LogP contribution in [0, 0.1) is 17.6 Å². The highest BCUT2D eigenvalue weighted by Crippen LogP contribution is 2.49. The molecular weight excluding hydrogens is 448 g/mol. The Kier molecular flexibility index (Phi) is 6.64. The van der Waals surface area contributed by atoms with E-state index in [4.69, 9.17) is 4.74 Å². The second-order valence-electron chi connectivity index (χ2n) is 8.24. The van der Waals surface area contributed by atoms with Crippen molar-refractivity contribution < 1.29 is 41.8 Å². The first-order chi connectivity index (χ1) is 15.3. The van der Waals surface area contributed by atoms with Crippen LogP contribution in [0.3, 0.4) is 0 Å². The lowest BCUT2D eigenvalue weighted by molar-refractivity contribution is -0.133. The minimum Gasteiger partial charge on any atom is -0.431 e. The topological polar surface area (TPSA) is 90.1 Å². The molecule has 1 saturated heterocycles. The van der Waals surface area contributed by atoms with Crippen molar-refractivity contribution in [1.29, 1.82) is 0 Å². The SMILES string of the molecule is CC(=O)c1cc(=NC(=O)[C@H]2OC(C)(C)[C@H](C)[C@@H]2c2ccc(F)c(F)c2OC(F)F)ccn1O. The number of hydrogen-bond acceptors (Lipinski definition) is 5. The van der Waals surface area contributed by atoms with Crippen molar-refractivity contribution in [3.8, 4) is 5.75 Å². The average molecular weight is 470 g/mol. The van der Waals surface area contributed by atoms with Gasteiger partial charge in [-0.3, -0.25) is 9.59 Å². The van der Waals surface area contributed by atoms with E-state index in [1.54, 1.807) is 20.8 Å². The van der Waals surface area contributed by atoms with Gasteiger partial charge in [-0.15, -0.1) is 0 Å². The molecule has 33 heavy (non-hydrogen) atoms. The third-order valence-electron chi connectivity index (χ3n) is 5.80. The van der Waals surface area contributed by atoms with E-state index < -0.39 is 59.2 Å². The molecule has 0 radical (unpaired) electrons. The van der Waals surface area contributed by atoms with Crippen molar-refractivity contribution in [3.05, 3.63) is 58.7 Å². The molecule has 0 saturated carbocycles. The molecule has 3 rings (SSSR count). The molecule has 1 aromatic heterocycles. The number of hydrogen-bond donors (Lipinski definition) is 1. The lowest BCUT2D eigenvalue weighted by atomic mass is 9.78. The van der Waals surface area contributed by atoms with Crippen LogP contribution in [0.1, 0.15) is 49.7 Å². The summed E-state index contributed by atoms with van der Waals surface area (Å²) in [6.07, 6.45) is -0.228. The fourth-order valence-electron chi connectivity index (χ4n) is 3.86. The molecule has 1 fully saturated rings. The third kappa shape index (κ3) is 4.77. The molecule has 1 aliphatic rings. The van der Waals surface area contributed by atoms with Gasteiger partial charge in [0.25, 0.3) is 5.91 Å². The molecule has 7 nitrogen and oxygen atoms in total. The van der Waals surface area contributed by atoms with Crippen LogP contribution >= 0.6 is 0 Å². The van der Waals surface area contributed by atoms with Crippen LogP contribution in [0.15, 0.2) is 35.5 Å². The molecule has 0 unspecified atom stereocenters. The van der Waals surface area contributed by atoms with E-state index in [1.807, 2.05) is 0 Å². The molecule has 0 aliphatic carbocycles. The fourth-order valence-corrected chi connectivity index (χ4v) is 3.86. The molecule has 1 amide bonds. The van der Waals surface area contributed by atoms with Crippen molar-refractivity contribution >= 4 is 11.7 Å². The second-order valence-corrected chi connectivity index (χ2v) is 8.24. The second kappa shape index (κ2) is 8.97. The van der Waals surface area contributed by atoms with E-state index >= 15 is 0 Å². The zero-order valence-electron chi connectivity index (χ0n) is 18.2. The summed E-state index contributed by atoms with van der Waals surface area (Å²) in [4.78, 5) is 28.7. The highest BCUT2D eigenvalue weighted by Gasteiger charge is 2.51. The maximum Gasteiger partial charge on any atom is 0.387 e. The standard InChI is InChI=1S/C22H22F4N2O5/c1-10-16(13-5-6-14(23)17(24)18(13)32-21(25)26)19(33-22(10,3)4)20(30)27-12-7-8-28(31)15(9-12)11(2)29/h5-10,16,19,21,31H,1-4H3/t10-,16-,19+/m1/s1. The van der Waals surface area contributed by atoms with Gasteiger partial charge in [0.15, 0.2) is 17.3 Å². The Morgan fingerprint density at radius 2 is 1.91 bits per heavy atom. The van der Waals surface area contributed by atoms with E-state index in [2.05, 4.69) is 9.73 Å². The normalized spacial score (nSPS) is 22.6. The largest absolute Gasteiger partial charge is 0.431 e. The van der Waals surface area contributed by atoms with Crippen LogP contribution in [0.5, 0.6) is 5.75 Å². The summed E-state index contributed by atoms with van der Waals surface area (Å²) in [5.41, 5.74) is -1.25. The first-order valence-corrected chi connectivity index (χ1v) is 9.95. The number of amides is 1. The molecular formula is C22H22F4N2O5. The number of Topliss-reactive ketones (excluding diaryl/α,β-unsaturated/α-hetero) is 1. The Morgan fingerprint density at radius 1 is 1.24 bits per heavy atom. The third-order valence-corrected chi connectivity index (χ3v) is 5.80. The molecule has 1 aromatic carbocycles. The monoisotopic (exact) mass is 470 g/mol. The molecule has 2 heterocycles. The Morgan fingerprint density at radius 3 is 2.52 bits per heavy atom. The summed E-state index contributed by atoms with van der Waals surface area (Å²) in [6, 6.07) is 4.29. The molecule has 0 spiro atoms. The Bertz CT molecular complexity index is 1160. The van der Waals surface area contributed by atoms with Crippen molar-refractivity contribution in [3.63, 3.8) is 0 Å². The number of carbonyl (C=O) groups excluding carboxylic acids is 2. The van der Waals surface area contributed by atoms with E-state index in [0.717, 1.165) is 18.3 Å². The summed E-state index contributed by atoms with van der Waals surface area (Å²) >= 11 is 0. The van der Waals surface area contributed by atoms with Gasteiger partial charge in [0.2, 0.25) is 5.82 Å². The summed E-state index contributed by atoms with van der Waals surface area (Å²) < 4.78 is 64.8. The number of halogens is 4. The maximum absolute atomic E-state index is 14.4. The van der Waals surface area contributed by atoms with Gasteiger partial charge in [-0.2, -0.15) is 17.9 Å². The number of carbonyl (C=O) groups is 2. The highest BCUT2D eigenvalue weighted by atomic mass is 19.3. The van der Waals surface area contributed by atoms with E-state index in [0.29, 0.717) is 4.73 Å². The van der Waals surface area contributed by atoms with E-state index in [9.17, 15) is 32.4 Å². The predicted molar refractivity (Wildman–Crippen MR) is 106 cm³/mol. The number of ketones is 1. The first-order valence-electron chi connectivity index (χ1n) is 9.95. The van der Waals surface area contributed by atoms with Gasteiger partial charge in [0.05, 0.1) is 11.0 Å². The van der Waals surface area contributed by atoms with Gasteiger partial charge in [-0.1, -0.05) is 13.0 Å². The molecule has 11 heteroatoms. The van der Waals surface area contributed by atoms with Crippen LogP contribution in [0.25, 0.3) is 0 Å². The van der Waals surface area contributed by atoms with Crippen LogP contribution < -0.4 is 10.1 Å². The minimum atomic E-state index is -3.43. The van der Waals surface area contributed by atoms with E-state index in [1.165, 1.54) is 19.1 Å². The van der Waals surface area contributed by atoms with Crippen molar-refractivity contribution in [2.45, 2.75) is 51.9 Å². The van der Waals surface area contributed by atoms with Crippen molar-refractivity contribution in [2.75, 3.05) is 0 Å². The summed E-state index contributed by atoms with van der Waals surface area (Å²) in [6.45, 7) is 2.79.